The van der Waals surface area contributed by atoms with E-state index >= 15 is 0 Å². The number of carbonyl (C=O) groups is 1. The van der Waals surface area contributed by atoms with Crippen molar-refractivity contribution >= 4 is 23.3 Å². The summed E-state index contributed by atoms with van der Waals surface area (Å²) < 4.78 is 0. The molecule has 1 unspecified atom stereocenters. The van der Waals surface area contributed by atoms with Gasteiger partial charge in [-0.2, -0.15) is 5.26 Å². The molecule has 1 aromatic carbocycles. The molecule has 90 valence electrons. The number of nitrogens with one attached hydrogen (secondary N) is 1. The second kappa shape index (κ2) is 5.53. The van der Waals surface area contributed by atoms with Gasteiger partial charge in [0.05, 0.1) is 17.2 Å². The first kappa shape index (κ1) is 13.3. The normalized spacial score (nSPS) is 11.6. The maximum atomic E-state index is 10.7. The summed E-state index contributed by atoms with van der Waals surface area (Å²) in [6.45, 7) is 1.13. The molecule has 0 aromatic heterocycles. The molecule has 0 saturated heterocycles. The monoisotopic (exact) mass is 254 g/mol. The number of hydrogen-bond donors (Lipinski definition) is 3. The van der Waals surface area contributed by atoms with Crippen molar-refractivity contribution < 1.29 is 15.0 Å². The molecule has 1 atom stereocenters. The number of anilines is 1. The van der Waals surface area contributed by atoms with Gasteiger partial charge in [0, 0.05) is 5.69 Å². The van der Waals surface area contributed by atoms with Crippen molar-refractivity contribution in [1.29, 1.82) is 5.26 Å². The van der Waals surface area contributed by atoms with E-state index in [9.17, 15) is 4.79 Å². The van der Waals surface area contributed by atoms with Crippen LogP contribution in [0.15, 0.2) is 12.1 Å². The highest BCUT2D eigenvalue weighted by Gasteiger charge is 2.17. The molecular formula is C11H11ClN2O3. The van der Waals surface area contributed by atoms with E-state index in [0.29, 0.717) is 16.8 Å². The van der Waals surface area contributed by atoms with E-state index in [0.717, 1.165) is 0 Å². The van der Waals surface area contributed by atoms with E-state index < -0.39 is 18.6 Å². The Bertz CT molecular complexity index is 482. The number of nitrogens with zero attached hydrogens (tertiary/aromatic N) is 1. The molecule has 17 heavy (non-hydrogen) atoms. The molecule has 0 aliphatic heterocycles. The van der Waals surface area contributed by atoms with Gasteiger partial charge in [-0.1, -0.05) is 11.6 Å². The fraction of sp³-hybridized carbons (Fsp3) is 0.273. The van der Waals surface area contributed by atoms with Crippen LogP contribution in [0.25, 0.3) is 0 Å². The SMILES string of the molecule is Cc1c(NC(CO)C(=O)O)ccc(C#N)c1Cl. The zero-order valence-electron chi connectivity index (χ0n) is 9.07. The van der Waals surface area contributed by atoms with Crippen LogP contribution in [-0.4, -0.2) is 28.8 Å². The summed E-state index contributed by atoms with van der Waals surface area (Å²) in [5, 5.41) is 29.4. The summed E-state index contributed by atoms with van der Waals surface area (Å²) in [5.74, 6) is -1.16. The fourth-order valence-electron chi connectivity index (χ4n) is 1.30. The number of benzene rings is 1. The number of carboxylic acid groups (broad SMARTS) is 1. The van der Waals surface area contributed by atoms with Gasteiger partial charge in [0.1, 0.15) is 12.1 Å². The molecule has 6 heteroatoms. The predicted molar refractivity (Wildman–Crippen MR) is 63.0 cm³/mol. The van der Waals surface area contributed by atoms with Crippen molar-refractivity contribution in [2.75, 3.05) is 11.9 Å². The Morgan fingerprint density at radius 1 is 1.65 bits per heavy atom. The number of rotatable bonds is 4. The van der Waals surface area contributed by atoms with Crippen molar-refractivity contribution in [2.24, 2.45) is 0 Å². The lowest BCUT2D eigenvalue weighted by Crippen LogP contribution is -2.33. The Hall–Kier alpha value is -1.77. The summed E-state index contributed by atoms with van der Waals surface area (Å²) in [4.78, 5) is 10.7. The number of aliphatic carboxylic acids is 1. The van der Waals surface area contributed by atoms with Crippen molar-refractivity contribution in [3.8, 4) is 6.07 Å². The zero-order chi connectivity index (χ0) is 13.0. The molecule has 0 spiro atoms. The standard InChI is InChI=1S/C11H11ClN2O3/c1-6-8(14-9(5-15)11(16)17)3-2-7(4-13)10(6)12/h2-3,9,14-15H,5H2,1H3,(H,16,17). The van der Waals surface area contributed by atoms with Crippen molar-refractivity contribution in [2.45, 2.75) is 13.0 Å². The molecule has 1 aromatic rings. The van der Waals surface area contributed by atoms with Gasteiger partial charge in [-0.3, -0.25) is 0 Å². The maximum Gasteiger partial charge on any atom is 0.328 e. The van der Waals surface area contributed by atoms with Gasteiger partial charge >= 0.3 is 5.97 Å². The number of aliphatic hydroxyl groups excluding tert-OH is 1. The van der Waals surface area contributed by atoms with E-state index in [1.165, 1.54) is 6.07 Å². The quantitative estimate of drug-likeness (QED) is 0.755. The predicted octanol–water partition coefficient (Wildman–Crippen LogP) is 1.38. The highest BCUT2D eigenvalue weighted by Crippen LogP contribution is 2.27. The van der Waals surface area contributed by atoms with Gasteiger partial charge in [0.2, 0.25) is 0 Å². The molecule has 5 nitrogen and oxygen atoms in total. The van der Waals surface area contributed by atoms with Crippen LogP contribution in [0.5, 0.6) is 0 Å². The molecule has 0 fully saturated rings. The second-order valence-electron chi connectivity index (χ2n) is 3.43. The molecule has 0 aliphatic carbocycles. The number of aliphatic hydroxyl groups is 1. The van der Waals surface area contributed by atoms with Gasteiger partial charge in [-0.25, -0.2) is 4.79 Å². The lowest BCUT2D eigenvalue weighted by Gasteiger charge is -2.16. The Labute approximate surface area is 103 Å². The zero-order valence-corrected chi connectivity index (χ0v) is 9.82. The Morgan fingerprint density at radius 3 is 2.76 bits per heavy atom. The molecule has 1 rings (SSSR count). The second-order valence-corrected chi connectivity index (χ2v) is 3.81. The summed E-state index contributed by atoms with van der Waals surface area (Å²) >= 11 is 5.93. The van der Waals surface area contributed by atoms with Crippen LogP contribution in [-0.2, 0) is 4.79 Å². The first-order valence-corrected chi connectivity index (χ1v) is 5.18. The van der Waals surface area contributed by atoms with E-state index in [4.69, 9.17) is 27.1 Å². The Morgan fingerprint density at radius 2 is 2.29 bits per heavy atom. The van der Waals surface area contributed by atoms with Crippen LogP contribution in [0.1, 0.15) is 11.1 Å². The van der Waals surface area contributed by atoms with Crippen LogP contribution in [0, 0.1) is 18.3 Å². The highest BCUT2D eigenvalue weighted by molar-refractivity contribution is 6.32. The van der Waals surface area contributed by atoms with Gasteiger partial charge in [0.15, 0.2) is 0 Å². The van der Waals surface area contributed by atoms with E-state index in [-0.39, 0.29) is 5.02 Å². The van der Waals surface area contributed by atoms with Gasteiger partial charge in [-0.05, 0) is 24.6 Å². The lowest BCUT2D eigenvalue weighted by atomic mass is 10.1. The van der Waals surface area contributed by atoms with Crippen molar-refractivity contribution in [1.82, 2.24) is 0 Å². The third kappa shape index (κ3) is 2.87. The molecule has 0 heterocycles. The third-order valence-corrected chi connectivity index (χ3v) is 2.80. The van der Waals surface area contributed by atoms with Crippen LogP contribution >= 0.6 is 11.6 Å². The summed E-state index contributed by atoms with van der Waals surface area (Å²) in [6, 6.07) is 3.88. The number of nitriles is 1. The van der Waals surface area contributed by atoms with Crippen LogP contribution < -0.4 is 5.32 Å². The first-order chi connectivity index (χ1) is 8.01. The molecule has 0 saturated carbocycles. The molecule has 0 amide bonds. The molecule has 0 radical (unpaired) electrons. The molecule has 0 aliphatic rings. The third-order valence-electron chi connectivity index (χ3n) is 2.32. The minimum Gasteiger partial charge on any atom is -0.480 e. The van der Waals surface area contributed by atoms with Crippen LogP contribution in [0.2, 0.25) is 5.02 Å². The largest absolute Gasteiger partial charge is 0.480 e. The van der Waals surface area contributed by atoms with Crippen molar-refractivity contribution in [3.63, 3.8) is 0 Å². The minimum absolute atomic E-state index is 0.277. The van der Waals surface area contributed by atoms with E-state index in [1.807, 2.05) is 6.07 Å². The summed E-state index contributed by atoms with van der Waals surface area (Å²) in [6.07, 6.45) is 0. The smallest absolute Gasteiger partial charge is 0.328 e. The van der Waals surface area contributed by atoms with Gasteiger partial charge in [-0.15, -0.1) is 0 Å². The van der Waals surface area contributed by atoms with E-state index in [1.54, 1.807) is 13.0 Å². The average Bonchev–Trinajstić information content (AvgIpc) is 2.30. The van der Waals surface area contributed by atoms with Crippen molar-refractivity contribution in [3.05, 3.63) is 28.3 Å². The molecule has 0 bridgehead atoms. The maximum absolute atomic E-state index is 10.7. The molecular weight excluding hydrogens is 244 g/mol. The van der Waals surface area contributed by atoms with Gasteiger partial charge in [0.25, 0.3) is 0 Å². The lowest BCUT2D eigenvalue weighted by molar-refractivity contribution is -0.138. The number of hydrogen-bond acceptors (Lipinski definition) is 4. The topological polar surface area (TPSA) is 93.3 Å². The minimum atomic E-state index is -1.16. The first-order valence-electron chi connectivity index (χ1n) is 4.80. The van der Waals surface area contributed by atoms with Crippen LogP contribution in [0.4, 0.5) is 5.69 Å². The Balaban J connectivity index is 3.05. The molecule has 3 N–H and O–H groups in total. The van der Waals surface area contributed by atoms with Crippen LogP contribution in [0.3, 0.4) is 0 Å². The Kier molecular flexibility index (Phi) is 4.32. The highest BCUT2D eigenvalue weighted by atomic mass is 35.5. The average molecular weight is 255 g/mol. The summed E-state index contributed by atoms with van der Waals surface area (Å²) in [7, 11) is 0. The summed E-state index contributed by atoms with van der Waals surface area (Å²) in [5.41, 5.74) is 1.38. The van der Waals surface area contributed by atoms with Gasteiger partial charge < -0.3 is 15.5 Å². The number of carboxylic acids is 1. The fourth-order valence-corrected chi connectivity index (χ4v) is 1.51. The number of halogens is 1. The van der Waals surface area contributed by atoms with E-state index in [2.05, 4.69) is 5.32 Å².